The van der Waals surface area contributed by atoms with E-state index in [1.165, 1.54) is 0 Å². The molecule has 0 aliphatic carbocycles. The van der Waals surface area contributed by atoms with Crippen LogP contribution in [0.15, 0.2) is 24.3 Å². The summed E-state index contributed by atoms with van der Waals surface area (Å²) in [6.07, 6.45) is 0.698. The van der Waals surface area contributed by atoms with E-state index in [0.29, 0.717) is 12.2 Å². The Hall–Kier alpha value is -0.620. The molecule has 6 heteroatoms. The zero-order chi connectivity index (χ0) is 14.6. The standard InChI is InChI=1S/C14H21ClN2O2S/c1-14(5-8-20(18,19)11-14)17-7-6-16-10-12-3-2-4-13(15)9-12/h2-4,9,16-17H,5-8,10-11H2,1H3/t14-/m1/s1. The third-order valence-electron chi connectivity index (χ3n) is 3.58. The second-order valence-corrected chi connectivity index (χ2v) is 8.26. The van der Waals surface area contributed by atoms with Crippen LogP contribution in [0.25, 0.3) is 0 Å². The summed E-state index contributed by atoms with van der Waals surface area (Å²) in [6.45, 7) is 4.29. The van der Waals surface area contributed by atoms with Gasteiger partial charge in [-0.2, -0.15) is 0 Å². The molecule has 0 saturated carbocycles. The lowest BCUT2D eigenvalue weighted by molar-refractivity contribution is 0.395. The lowest BCUT2D eigenvalue weighted by Gasteiger charge is -2.24. The summed E-state index contributed by atoms with van der Waals surface area (Å²) in [5.41, 5.74) is 0.878. The maximum atomic E-state index is 11.5. The van der Waals surface area contributed by atoms with Gasteiger partial charge in [-0.05, 0) is 31.0 Å². The molecule has 112 valence electrons. The van der Waals surface area contributed by atoms with E-state index in [9.17, 15) is 8.42 Å². The van der Waals surface area contributed by atoms with Crippen molar-refractivity contribution in [1.29, 1.82) is 0 Å². The van der Waals surface area contributed by atoms with E-state index in [1.54, 1.807) is 0 Å². The van der Waals surface area contributed by atoms with Gasteiger partial charge in [-0.15, -0.1) is 0 Å². The van der Waals surface area contributed by atoms with Gasteiger partial charge < -0.3 is 10.6 Å². The Balaban J connectivity index is 1.67. The lowest BCUT2D eigenvalue weighted by atomic mass is 10.0. The van der Waals surface area contributed by atoms with Gasteiger partial charge in [-0.1, -0.05) is 23.7 Å². The van der Waals surface area contributed by atoms with E-state index < -0.39 is 9.84 Å². The van der Waals surface area contributed by atoms with Crippen molar-refractivity contribution in [3.8, 4) is 0 Å². The van der Waals surface area contributed by atoms with E-state index in [-0.39, 0.29) is 11.3 Å². The molecule has 20 heavy (non-hydrogen) atoms. The Bertz CT molecular complexity index is 562. The van der Waals surface area contributed by atoms with Crippen LogP contribution >= 0.6 is 11.6 Å². The van der Waals surface area contributed by atoms with Crippen LogP contribution in [0.2, 0.25) is 5.02 Å². The number of halogens is 1. The highest BCUT2D eigenvalue weighted by atomic mass is 35.5. The van der Waals surface area contributed by atoms with E-state index in [1.807, 2.05) is 31.2 Å². The maximum Gasteiger partial charge on any atom is 0.152 e. The monoisotopic (exact) mass is 316 g/mol. The molecule has 1 saturated heterocycles. The smallest absolute Gasteiger partial charge is 0.152 e. The van der Waals surface area contributed by atoms with E-state index >= 15 is 0 Å². The second-order valence-electron chi connectivity index (χ2n) is 5.64. The highest BCUT2D eigenvalue weighted by molar-refractivity contribution is 7.91. The van der Waals surface area contributed by atoms with Crippen molar-refractivity contribution in [3.05, 3.63) is 34.9 Å². The van der Waals surface area contributed by atoms with Crippen molar-refractivity contribution in [3.63, 3.8) is 0 Å². The first-order valence-electron chi connectivity index (χ1n) is 6.79. The summed E-state index contributed by atoms with van der Waals surface area (Å²) in [4.78, 5) is 0. The molecule has 0 bridgehead atoms. The average molecular weight is 317 g/mol. The van der Waals surface area contributed by atoms with E-state index in [4.69, 9.17) is 11.6 Å². The topological polar surface area (TPSA) is 58.2 Å². The van der Waals surface area contributed by atoms with E-state index in [0.717, 1.165) is 30.2 Å². The number of hydrogen-bond acceptors (Lipinski definition) is 4. The number of hydrogen-bond donors (Lipinski definition) is 2. The second kappa shape index (κ2) is 6.43. The Kier molecular flexibility index (Phi) is 5.07. The van der Waals surface area contributed by atoms with Crippen LogP contribution in [-0.2, 0) is 16.4 Å². The molecule has 1 aromatic rings. The molecule has 0 unspecified atom stereocenters. The van der Waals surface area contributed by atoms with Crippen LogP contribution in [0.3, 0.4) is 0 Å². The zero-order valence-corrected chi connectivity index (χ0v) is 13.2. The van der Waals surface area contributed by atoms with Crippen molar-refractivity contribution in [2.24, 2.45) is 0 Å². The van der Waals surface area contributed by atoms with Gasteiger partial charge in [0, 0.05) is 30.2 Å². The van der Waals surface area contributed by atoms with Crippen LogP contribution in [0, 0.1) is 0 Å². The third-order valence-corrected chi connectivity index (χ3v) is 5.71. The van der Waals surface area contributed by atoms with Gasteiger partial charge in [0.25, 0.3) is 0 Å². The molecule has 1 aliphatic rings. The van der Waals surface area contributed by atoms with Crippen LogP contribution < -0.4 is 10.6 Å². The van der Waals surface area contributed by atoms with Gasteiger partial charge >= 0.3 is 0 Å². The minimum absolute atomic E-state index is 0.244. The third kappa shape index (κ3) is 4.74. The van der Waals surface area contributed by atoms with Crippen LogP contribution in [0.4, 0.5) is 0 Å². The number of nitrogens with one attached hydrogen (secondary N) is 2. The van der Waals surface area contributed by atoms with Crippen LogP contribution in [0.5, 0.6) is 0 Å². The van der Waals surface area contributed by atoms with Crippen molar-refractivity contribution in [1.82, 2.24) is 10.6 Å². The minimum Gasteiger partial charge on any atom is -0.311 e. The molecule has 2 rings (SSSR count). The lowest BCUT2D eigenvalue weighted by Crippen LogP contribution is -2.46. The highest BCUT2D eigenvalue weighted by Gasteiger charge is 2.37. The quantitative estimate of drug-likeness (QED) is 0.783. The SMILES string of the molecule is C[C@@]1(NCCNCc2cccc(Cl)c2)CCS(=O)(=O)C1. The normalized spacial score (nSPS) is 24.9. The zero-order valence-electron chi connectivity index (χ0n) is 11.7. The summed E-state index contributed by atoms with van der Waals surface area (Å²) < 4.78 is 23.0. The summed E-state index contributed by atoms with van der Waals surface area (Å²) in [5.74, 6) is 0.542. The fourth-order valence-corrected chi connectivity index (χ4v) is 4.82. The maximum absolute atomic E-state index is 11.5. The minimum atomic E-state index is -2.84. The van der Waals surface area contributed by atoms with Gasteiger partial charge in [0.05, 0.1) is 11.5 Å². The van der Waals surface area contributed by atoms with Crippen molar-refractivity contribution >= 4 is 21.4 Å². The molecule has 4 nitrogen and oxygen atoms in total. The molecule has 2 N–H and O–H groups in total. The van der Waals surface area contributed by atoms with Gasteiger partial charge in [-0.25, -0.2) is 8.42 Å². The molecular formula is C14H21ClN2O2S. The molecule has 1 atom stereocenters. The van der Waals surface area contributed by atoms with Crippen molar-refractivity contribution in [2.45, 2.75) is 25.4 Å². The molecular weight excluding hydrogens is 296 g/mol. The summed E-state index contributed by atoms with van der Waals surface area (Å²) in [6, 6.07) is 7.75. The first-order chi connectivity index (χ1) is 9.39. The molecule has 1 heterocycles. The van der Waals surface area contributed by atoms with Gasteiger partial charge in [0.1, 0.15) is 0 Å². The summed E-state index contributed by atoms with van der Waals surface area (Å²) in [7, 11) is -2.84. The largest absolute Gasteiger partial charge is 0.311 e. The van der Waals surface area contributed by atoms with Crippen LogP contribution in [0.1, 0.15) is 18.9 Å². The molecule has 1 aromatic carbocycles. The van der Waals surface area contributed by atoms with Crippen LogP contribution in [-0.4, -0.2) is 38.6 Å². The van der Waals surface area contributed by atoms with Gasteiger partial charge in [0.15, 0.2) is 9.84 Å². The molecule has 1 aliphatic heterocycles. The summed E-state index contributed by atoms with van der Waals surface area (Å²) >= 11 is 5.92. The average Bonchev–Trinajstić information content (AvgIpc) is 2.63. The Morgan fingerprint density at radius 1 is 1.35 bits per heavy atom. The number of sulfone groups is 1. The molecule has 0 amide bonds. The predicted molar refractivity (Wildman–Crippen MR) is 82.8 cm³/mol. The molecule has 0 aromatic heterocycles. The Morgan fingerprint density at radius 3 is 2.80 bits per heavy atom. The van der Waals surface area contributed by atoms with Gasteiger partial charge in [0.2, 0.25) is 0 Å². The first-order valence-corrected chi connectivity index (χ1v) is 8.99. The molecule has 0 radical (unpaired) electrons. The highest BCUT2D eigenvalue weighted by Crippen LogP contribution is 2.22. The van der Waals surface area contributed by atoms with Crippen molar-refractivity contribution in [2.75, 3.05) is 24.6 Å². The predicted octanol–water partition coefficient (Wildman–Crippen LogP) is 1.60. The van der Waals surface area contributed by atoms with E-state index in [2.05, 4.69) is 10.6 Å². The molecule has 0 spiro atoms. The Morgan fingerprint density at radius 2 is 2.15 bits per heavy atom. The fourth-order valence-electron chi connectivity index (χ4n) is 2.48. The number of rotatable bonds is 6. The first kappa shape index (κ1) is 15.8. The van der Waals surface area contributed by atoms with Gasteiger partial charge in [-0.3, -0.25) is 0 Å². The fraction of sp³-hybridized carbons (Fsp3) is 0.571. The summed E-state index contributed by atoms with van der Waals surface area (Å²) in [5, 5.41) is 7.41. The number of benzene rings is 1. The Labute approximate surface area is 125 Å². The van der Waals surface area contributed by atoms with Crippen molar-refractivity contribution < 1.29 is 8.42 Å². The molecule has 1 fully saturated rings.